The van der Waals surface area contributed by atoms with E-state index >= 15 is 0 Å². The highest BCUT2D eigenvalue weighted by Gasteiger charge is 2.60. The second kappa shape index (κ2) is 3.79. The van der Waals surface area contributed by atoms with Gasteiger partial charge in [0.15, 0.2) is 0 Å². The van der Waals surface area contributed by atoms with E-state index in [4.69, 9.17) is 11.5 Å². The van der Waals surface area contributed by atoms with Crippen molar-refractivity contribution in [2.45, 2.75) is 43.9 Å². The normalized spacial score (nSPS) is 44.2. The van der Waals surface area contributed by atoms with Crippen molar-refractivity contribution in [3.8, 4) is 0 Å². The standard InChI is InChI=1S/C9H15F3N2.ClH/c10-9(11,12)3-6-7(14)4-8(6)1-5(13)2-8;/h5-7H,1-4,13-14H2;1H. The highest BCUT2D eigenvalue weighted by molar-refractivity contribution is 5.85. The lowest BCUT2D eigenvalue weighted by Gasteiger charge is -2.62. The first kappa shape index (κ1) is 13.1. The molecule has 6 heteroatoms. The third kappa shape index (κ3) is 2.24. The van der Waals surface area contributed by atoms with Gasteiger partial charge >= 0.3 is 6.18 Å². The summed E-state index contributed by atoms with van der Waals surface area (Å²) in [4.78, 5) is 0. The van der Waals surface area contributed by atoms with Crippen LogP contribution in [0.4, 0.5) is 13.2 Å². The minimum Gasteiger partial charge on any atom is -0.328 e. The minimum atomic E-state index is -4.09. The maximum Gasteiger partial charge on any atom is 0.389 e. The van der Waals surface area contributed by atoms with Gasteiger partial charge in [-0.15, -0.1) is 12.4 Å². The maximum atomic E-state index is 12.2. The van der Waals surface area contributed by atoms with Gasteiger partial charge in [0, 0.05) is 18.5 Å². The van der Waals surface area contributed by atoms with Crippen LogP contribution >= 0.6 is 12.4 Å². The van der Waals surface area contributed by atoms with Crippen LogP contribution in [0, 0.1) is 11.3 Å². The second-order valence-electron chi connectivity index (χ2n) is 4.82. The van der Waals surface area contributed by atoms with Gasteiger partial charge in [0.25, 0.3) is 0 Å². The van der Waals surface area contributed by atoms with Crippen LogP contribution in [0.5, 0.6) is 0 Å². The Hall–Kier alpha value is -0.0000000000000000555. The molecule has 1 spiro atoms. The smallest absolute Gasteiger partial charge is 0.328 e. The molecule has 0 aromatic rings. The maximum absolute atomic E-state index is 12.2. The van der Waals surface area contributed by atoms with E-state index in [0.29, 0.717) is 0 Å². The number of nitrogens with two attached hydrogens (primary N) is 2. The molecule has 0 saturated heterocycles. The summed E-state index contributed by atoms with van der Waals surface area (Å²) >= 11 is 0. The Morgan fingerprint density at radius 1 is 1.13 bits per heavy atom. The lowest BCUT2D eigenvalue weighted by molar-refractivity contribution is -0.189. The van der Waals surface area contributed by atoms with Crippen LogP contribution in [-0.4, -0.2) is 18.3 Å². The summed E-state index contributed by atoms with van der Waals surface area (Å²) in [6.07, 6.45) is -2.65. The third-order valence-corrected chi connectivity index (χ3v) is 3.73. The molecule has 2 unspecified atom stereocenters. The lowest BCUT2D eigenvalue weighted by atomic mass is 9.45. The van der Waals surface area contributed by atoms with E-state index in [2.05, 4.69) is 0 Å². The Labute approximate surface area is 93.0 Å². The summed E-state index contributed by atoms with van der Waals surface area (Å²) < 4.78 is 36.6. The van der Waals surface area contributed by atoms with E-state index in [1.165, 1.54) is 0 Å². The molecule has 2 saturated carbocycles. The average Bonchev–Trinajstić information content (AvgIpc) is 1.96. The Morgan fingerprint density at radius 2 is 1.67 bits per heavy atom. The Balaban J connectivity index is 0.00000112. The molecular weight excluding hydrogens is 229 g/mol. The molecule has 0 bridgehead atoms. The molecule has 0 radical (unpaired) electrons. The molecule has 90 valence electrons. The molecule has 2 fully saturated rings. The van der Waals surface area contributed by atoms with E-state index in [1.807, 2.05) is 0 Å². The first-order chi connectivity index (χ1) is 6.32. The van der Waals surface area contributed by atoms with Gasteiger partial charge in [0.1, 0.15) is 0 Å². The van der Waals surface area contributed by atoms with Gasteiger partial charge < -0.3 is 11.5 Å². The zero-order chi connectivity index (χ0) is 10.6. The number of alkyl halides is 3. The molecule has 2 nitrogen and oxygen atoms in total. The monoisotopic (exact) mass is 244 g/mol. The number of hydrogen-bond acceptors (Lipinski definition) is 2. The fourth-order valence-electron chi connectivity index (χ4n) is 3.13. The van der Waals surface area contributed by atoms with Crippen molar-refractivity contribution >= 4 is 12.4 Å². The van der Waals surface area contributed by atoms with E-state index in [0.717, 1.165) is 19.3 Å². The van der Waals surface area contributed by atoms with Crippen molar-refractivity contribution in [1.82, 2.24) is 0 Å². The van der Waals surface area contributed by atoms with Gasteiger partial charge in [-0.1, -0.05) is 0 Å². The number of halogens is 4. The predicted octanol–water partition coefficient (Wildman–Crippen LogP) is 1.82. The first-order valence-electron chi connectivity index (χ1n) is 4.90. The second-order valence-corrected chi connectivity index (χ2v) is 4.82. The van der Waals surface area contributed by atoms with Crippen LogP contribution in [-0.2, 0) is 0 Å². The molecule has 0 aromatic carbocycles. The molecule has 2 aliphatic rings. The van der Waals surface area contributed by atoms with Crippen molar-refractivity contribution in [3.63, 3.8) is 0 Å². The van der Waals surface area contributed by atoms with E-state index < -0.39 is 12.6 Å². The Morgan fingerprint density at radius 3 is 2.00 bits per heavy atom. The molecule has 0 aromatic heterocycles. The van der Waals surface area contributed by atoms with Crippen molar-refractivity contribution in [1.29, 1.82) is 0 Å². The van der Waals surface area contributed by atoms with Crippen LogP contribution < -0.4 is 11.5 Å². The van der Waals surface area contributed by atoms with Crippen molar-refractivity contribution in [2.75, 3.05) is 0 Å². The fraction of sp³-hybridized carbons (Fsp3) is 1.00. The molecule has 0 aliphatic heterocycles. The summed E-state index contributed by atoms with van der Waals surface area (Å²) in [5.74, 6) is -0.387. The summed E-state index contributed by atoms with van der Waals surface area (Å²) in [6.45, 7) is 0. The molecular formula is C9H16ClF3N2. The van der Waals surface area contributed by atoms with E-state index in [-0.39, 0.29) is 35.8 Å². The van der Waals surface area contributed by atoms with Crippen LogP contribution in [0.2, 0.25) is 0 Å². The molecule has 0 amide bonds. The van der Waals surface area contributed by atoms with Crippen molar-refractivity contribution in [3.05, 3.63) is 0 Å². The van der Waals surface area contributed by atoms with Gasteiger partial charge in [-0.2, -0.15) is 13.2 Å². The van der Waals surface area contributed by atoms with Gasteiger partial charge in [-0.3, -0.25) is 0 Å². The molecule has 0 heterocycles. The first-order valence-corrected chi connectivity index (χ1v) is 4.90. The van der Waals surface area contributed by atoms with Gasteiger partial charge in [0.2, 0.25) is 0 Å². The highest BCUT2D eigenvalue weighted by atomic mass is 35.5. The molecule has 2 aliphatic carbocycles. The van der Waals surface area contributed by atoms with Crippen LogP contribution in [0.15, 0.2) is 0 Å². The number of rotatable bonds is 1. The van der Waals surface area contributed by atoms with Crippen LogP contribution in [0.1, 0.15) is 25.7 Å². The molecule has 2 atom stereocenters. The minimum absolute atomic E-state index is 0. The van der Waals surface area contributed by atoms with Gasteiger partial charge in [-0.25, -0.2) is 0 Å². The van der Waals surface area contributed by atoms with Crippen molar-refractivity contribution in [2.24, 2.45) is 22.8 Å². The highest BCUT2D eigenvalue weighted by Crippen LogP contribution is 2.61. The predicted molar refractivity (Wildman–Crippen MR) is 53.6 cm³/mol. The van der Waals surface area contributed by atoms with Crippen LogP contribution in [0.25, 0.3) is 0 Å². The van der Waals surface area contributed by atoms with Crippen LogP contribution in [0.3, 0.4) is 0 Å². The Bertz CT molecular complexity index is 232. The summed E-state index contributed by atoms with van der Waals surface area (Å²) in [6, 6.07) is -0.178. The zero-order valence-corrected chi connectivity index (χ0v) is 9.07. The summed E-state index contributed by atoms with van der Waals surface area (Å²) in [7, 11) is 0. The molecule has 15 heavy (non-hydrogen) atoms. The average molecular weight is 245 g/mol. The SMILES string of the molecule is Cl.NC1CC2(C1)CC(N)C2CC(F)(F)F. The summed E-state index contributed by atoms with van der Waals surface area (Å²) in [5.41, 5.74) is 11.1. The van der Waals surface area contributed by atoms with Gasteiger partial charge in [0.05, 0.1) is 0 Å². The molecule has 2 rings (SSSR count). The lowest BCUT2D eigenvalue weighted by Crippen LogP contribution is -2.65. The fourth-order valence-corrected chi connectivity index (χ4v) is 3.13. The quantitative estimate of drug-likeness (QED) is 0.739. The van der Waals surface area contributed by atoms with Crippen molar-refractivity contribution < 1.29 is 13.2 Å². The topological polar surface area (TPSA) is 52.0 Å². The Kier molecular flexibility index (Phi) is 3.30. The van der Waals surface area contributed by atoms with Gasteiger partial charge in [-0.05, 0) is 30.6 Å². The summed E-state index contributed by atoms with van der Waals surface area (Å²) in [5, 5.41) is 0. The van der Waals surface area contributed by atoms with E-state index in [9.17, 15) is 13.2 Å². The largest absolute Gasteiger partial charge is 0.389 e. The zero-order valence-electron chi connectivity index (χ0n) is 8.26. The third-order valence-electron chi connectivity index (χ3n) is 3.73. The number of hydrogen-bond donors (Lipinski definition) is 2. The molecule has 4 N–H and O–H groups in total. The van der Waals surface area contributed by atoms with E-state index in [1.54, 1.807) is 0 Å².